The van der Waals surface area contributed by atoms with Crippen molar-refractivity contribution in [3.8, 4) is 0 Å². The van der Waals surface area contributed by atoms with Crippen LogP contribution in [0.5, 0.6) is 0 Å². The molecule has 0 bridgehead atoms. The van der Waals surface area contributed by atoms with Gasteiger partial charge in [-0.05, 0) is 19.3 Å². The summed E-state index contributed by atoms with van der Waals surface area (Å²) in [5, 5.41) is 0. The minimum atomic E-state index is 0.475. The largest absolute Gasteiger partial charge is 0.382 e. The molecule has 1 unspecified atom stereocenters. The molecule has 1 fully saturated rings. The molecule has 1 heteroatoms. The molecule has 0 radical (unpaired) electrons. The van der Waals surface area contributed by atoms with E-state index in [2.05, 4.69) is 6.92 Å². The van der Waals surface area contributed by atoms with Gasteiger partial charge in [0, 0.05) is 7.11 Å². The molecular weight excluding hydrogens is 124 g/mol. The highest BCUT2D eigenvalue weighted by molar-refractivity contribution is 4.69. The lowest BCUT2D eigenvalue weighted by atomic mass is 10.0. The lowest BCUT2D eigenvalue weighted by Gasteiger charge is -2.13. The summed E-state index contributed by atoms with van der Waals surface area (Å²) in [5.41, 5.74) is 0. The average Bonchev–Trinajstić information content (AvgIpc) is 2.40. The van der Waals surface area contributed by atoms with Crippen LogP contribution in [0.4, 0.5) is 0 Å². The van der Waals surface area contributed by atoms with E-state index in [1.54, 1.807) is 7.11 Å². The van der Waals surface area contributed by atoms with Crippen LogP contribution in [-0.4, -0.2) is 13.2 Å². The summed E-state index contributed by atoms with van der Waals surface area (Å²) in [5.74, 6) is 0.968. The van der Waals surface area contributed by atoms with Crippen molar-refractivity contribution in [1.82, 2.24) is 0 Å². The molecule has 1 saturated carbocycles. The van der Waals surface area contributed by atoms with Crippen LogP contribution in [-0.2, 0) is 4.74 Å². The first-order valence-corrected chi connectivity index (χ1v) is 4.35. The van der Waals surface area contributed by atoms with Gasteiger partial charge in [-0.3, -0.25) is 0 Å². The standard InChI is InChI=1S/C9H18O/c1-8(10-2)7-9-5-3-4-6-9/h8-9H,3-7H2,1-2H3. The van der Waals surface area contributed by atoms with Gasteiger partial charge < -0.3 is 4.74 Å². The second-order valence-electron chi connectivity index (χ2n) is 3.43. The molecule has 1 aliphatic rings. The fraction of sp³-hybridized carbons (Fsp3) is 1.00. The summed E-state index contributed by atoms with van der Waals surface area (Å²) in [7, 11) is 1.81. The van der Waals surface area contributed by atoms with Crippen molar-refractivity contribution in [1.29, 1.82) is 0 Å². The average molecular weight is 142 g/mol. The molecule has 0 aromatic rings. The summed E-state index contributed by atoms with van der Waals surface area (Å²) in [4.78, 5) is 0. The second kappa shape index (κ2) is 3.97. The third-order valence-corrected chi connectivity index (χ3v) is 2.54. The molecule has 0 aromatic carbocycles. The second-order valence-corrected chi connectivity index (χ2v) is 3.43. The van der Waals surface area contributed by atoms with Gasteiger partial charge in [0.15, 0.2) is 0 Å². The SMILES string of the molecule is COC(C)CC1CCCC1. The van der Waals surface area contributed by atoms with Crippen LogP contribution in [0.15, 0.2) is 0 Å². The van der Waals surface area contributed by atoms with E-state index in [1.807, 2.05) is 0 Å². The topological polar surface area (TPSA) is 9.23 Å². The van der Waals surface area contributed by atoms with E-state index >= 15 is 0 Å². The maximum absolute atomic E-state index is 5.21. The first-order valence-electron chi connectivity index (χ1n) is 4.35. The summed E-state index contributed by atoms with van der Waals surface area (Å²) in [6.07, 6.45) is 7.52. The lowest BCUT2D eigenvalue weighted by Crippen LogP contribution is -2.09. The first kappa shape index (κ1) is 8.06. The molecule has 0 amide bonds. The maximum Gasteiger partial charge on any atom is 0.0545 e. The fourth-order valence-electron chi connectivity index (χ4n) is 1.81. The number of hydrogen-bond acceptors (Lipinski definition) is 1. The Morgan fingerprint density at radius 1 is 1.40 bits per heavy atom. The Bertz CT molecular complexity index is 84.7. The van der Waals surface area contributed by atoms with E-state index in [0.29, 0.717) is 6.10 Å². The Labute approximate surface area is 63.8 Å². The molecule has 1 rings (SSSR count). The normalized spacial score (nSPS) is 23.4. The predicted molar refractivity (Wildman–Crippen MR) is 43.0 cm³/mol. The molecule has 60 valence electrons. The Balaban J connectivity index is 2.11. The van der Waals surface area contributed by atoms with Crippen LogP contribution in [0.1, 0.15) is 39.0 Å². The summed E-state index contributed by atoms with van der Waals surface area (Å²) in [6, 6.07) is 0. The van der Waals surface area contributed by atoms with E-state index in [1.165, 1.54) is 32.1 Å². The lowest BCUT2D eigenvalue weighted by molar-refractivity contribution is 0.0958. The van der Waals surface area contributed by atoms with Crippen LogP contribution >= 0.6 is 0 Å². The molecule has 0 aromatic heterocycles. The van der Waals surface area contributed by atoms with Crippen molar-refractivity contribution in [2.45, 2.75) is 45.1 Å². The van der Waals surface area contributed by atoms with Crippen LogP contribution in [0, 0.1) is 5.92 Å². The molecule has 1 aliphatic carbocycles. The van der Waals surface area contributed by atoms with Crippen LogP contribution in [0.25, 0.3) is 0 Å². The van der Waals surface area contributed by atoms with Gasteiger partial charge in [-0.15, -0.1) is 0 Å². The van der Waals surface area contributed by atoms with Gasteiger partial charge in [0.1, 0.15) is 0 Å². The van der Waals surface area contributed by atoms with Gasteiger partial charge in [-0.1, -0.05) is 25.7 Å². The smallest absolute Gasteiger partial charge is 0.0545 e. The quantitative estimate of drug-likeness (QED) is 0.588. The molecule has 1 nitrogen and oxygen atoms in total. The third-order valence-electron chi connectivity index (χ3n) is 2.54. The number of methoxy groups -OCH3 is 1. The highest BCUT2D eigenvalue weighted by Gasteiger charge is 2.16. The van der Waals surface area contributed by atoms with Gasteiger partial charge in [0.25, 0.3) is 0 Å². The molecule has 1 atom stereocenters. The van der Waals surface area contributed by atoms with Crippen molar-refractivity contribution in [2.24, 2.45) is 5.92 Å². The highest BCUT2D eigenvalue weighted by Crippen LogP contribution is 2.28. The fourth-order valence-corrected chi connectivity index (χ4v) is 1.81. The van der Waals surface area contributed by atoms with Crippen molar-refractivity contribution < 1.29 is 4.74 Å². The van der Waals surface area contributed by atoms with E-state index in [9.17, 15) is 0 Å². The highest BCUT2D eigenvalue weighted by atomic mass is 16.5. The van der Waals surface area contributed by atoms with E-state index in [0.717, 1.165) is 5.92 Å². The molecule has 0 spiro atoms. The van der Waals surface area contributed by atoms with E-state index < -0.39 is 0 Å². The van der Waals surface area contributed by atoms with Crippen molar-refractivity contribution in [3.05, 3.63) is 0 Å². The Morgan fingerprint density at radius 3 is 2.50 bits per heavy atom. The Kier molecular flexibility index (Phi) is 3.20. The van der Waals surface area contributed by atoms with Gasteiger partial charge >= 0.3 is 0 Å². The monoisotopic (exact) mass is 142 g/mol. The zero-order chi connectivity index (χ0) is 7.40. The van der Waals surface area contributed by atoms with Crippen LogP contribution < -0.4 is 0 Å². The minimum Gasteiger partial charge on any atom is -0.382 e. The third kappa shape index (κ3) is 2.30. The molecule has 0 saturated heterocycles. The van der Waals surface area contributed by atoms with E-state index in [-0.39, 0.29) is 0 Å². The zero-order valence-corrected chi connectivity index (χ0v) is 7.10. The molecule has 0 N–H and O–H groups in total. The van der Waals surface area contributed by atoms with Crippen LogP contribution in [0.2, 0.25) is 0 Å². The summed E-state index contributed by atoms with van der Waals surface area (Å²) < 4.78 is 5.21. The van der Waals surface area contributed by atoms with Gasteiger partial charge in [0.05, 0.1) is 6.10 Å². The molecule has 0 heterocycles. The van der Waals surface area contributed by atoms with Crippen molar-refractivity contribution in [2.75, 3.05) is 7.11 Å². The molecular formula is C9H18O. The number of rotatable bonds is 3. The van der Waals surface area contributed by atoms with E-state index in [4.69, 9.17) is 4.74 Å². The van der Waals surface area contributed by atoms with Crippen LogP contribution in [0.3, 0.4) is 0 Å². The Hall–Kier alpha value is -0.0400. The molecule has 0 aliphatic heterocycles. The number of hydrogen-bond donors (Lipinski definition) is 0. The number of ether oxygens (including phenoxy) is 1. The summed E-state index contributed by atoms with van der Waals surface area (Å²) in [6.45, 7) is 2.16. The zero-order valence-electron chi connectivity index (χ0n) is 7.10. The van der Waals surface area contributed by atoms with Gasteiger partial charge in [-0.25, -0.2) is 0 Å². The maximum atomic E-state index is 5.21. The van der Waals surface area contributed by atoms with Crippen molar-refractivity contribution in [3.63, 3.8) is 0 Å². The minimum absolute atomic E-state index is 0.475. The van der Waals surface area contributed by atoms with Crippen molar-refractivity contribution >= 4 is 0 Å². The summed E-state index contributed by atoms with van der Waals surface area (Å²) >= 11 is 0. The van der Waals surface area contributed by atoms with Gasteiger partial charge in [-0.2, -0.15) is 0 Å². The Morgan fingerprint density at radius 2 is 2.00 bits per heavy atom. The molecule has 10 heavy (non-hydrogen) atoms. The van der Waals surface area contributed by atoms with Gasteiger partial charge in [0.2, 0.25) is 0 Å². The predicted octanol–water partition coefficient (Wildman–Crippen LogP) is 2.60. The first-order chi connectivity index (χ1) is 4.83.